The molecule has 6 heteroatoms. The van der Waals surface area contributed by atoms with Crippen molar-refractivity contribution >= 4 is 11.9 Å². The number of nitrogens with zero attached hydrogens (tertiary/aromatic N) is 3. The molecule has 1 aromatic heterocycles. The number of hydrogen-bond donors (Lipinski definition) is 1. The van der Waals surface area contributed by atoms with E-state index in [9.17, 15) is 14.7 Å². The molecule has 27 heavy (non-hydrogen) atoms. The first-order valence-electron chi connectivity index (χ1n) is 9.09. The maximum absolute atomic E-state index is 12.8. The van der Waals surface area contributed by atoms with E-state index in [1.165, 1.54) is 0 Å². The zero-order chi connectivity index (χ0) is 19.4. The van der Waals surface area contributed by atoms with Crippen molar-refractivity contribution in [2.45, 2.75) is 19.4 Å². The highest BCUT2D eigenvalue weighted by molar-refractivity contribution is 5.81. The molecule has 0 aliphatic carbocycles. The van der Waals surface area contributed by atoms with Crippen LogP contribution in [0.3, 0.4) is 0 Å². The van der Waals surface area contributed by atoms with Gasteiger partial charge in [-0.1, -0.05) is 24.3 Å². The van der Waals surface area contributed by atoms with Crippen molar-refractivity contribution in [2.24, 2.45) is 5.92 Å². The topological polar surface area (TPSA) is 73.7 Å². The second-order valence-electron chi connectivity index (χ2n) is 7.23. The third-order valence-electron chi connectivity index (χ3n) is 5.18. The van der Waals surface area contributed by atoms with Crippen LogP contribution in [-0.2, 0) is 16.1 Å². The largest absolute Gasteiger partial charge is 0.481 e. The summed E-state index contributed by atoms with van der Waals surface area (Å²) in [4.78, 5) is 32.2. The van der Waals surface area contributed by atoms with Crippen LogP contribution >= 0.6 is 0 Å². The zero-order valence-electron chi connectivity index (χ0n) is 15.7. The predicted octanol–water partition coefficient (Wildman–Crippen LogP) is 2.15. The third kappa shape index (κ3) is 4.52. The molecule has 6 nitrogen and oxygen atoms in total. The molecule has 0 spiro atoms. The van der Waals surface area contributed by atoms with Crippen LogP contribution in [0.5, 0.6) is 0 Å². The number of hydrogen-bond acceptors (Lipinski definition) is 4. The number of aryl methyl sites for hydroxylation is 1. The van der Waals surface area contributed by atoms with E-state index in [1.807, 2.05) is 55.3 Å². The maximum atomic E-state index is 12.8. The second kappa shape index (κ2) is 8.31. The summed E-state index contributed by atoms with van der Waals surface area (Å²) < 4.78 is 0. The first-order valence-corrected chi connectivity index (χ1v) is 9.09. The molecule has 3 rings (SSSR count). The van der Waals surface area contributed by atoms with Gasteiger partial charge in [0.2, 0.25) is 5.91 Å². The van der Waals surface area contributed by atoms with Crippen molar-refractivity contribution in [3.63, 3.8) is 0 Å². The third-order valence-corrected chi connectivity index (χ3v) is 5.18. The Kier molecular flexibility index (Phi) is 5.86. The van der Waals surface area contributed by atoms with Gasteiger partial charge in [-0.2, -0.15) is 0 Å². The number of aromatic nitrogens is 1. The molecule has 1 aromatic carbocycles. The van der Waals surface area contributed by atoms with Gasteiger partial charge in [-0.15, -0.1) is 0 Å². The van der Waals surface area contributed by atoms with Gasteiger partial charge in [0.1, 0.15) is 0 Å². The van der Waals surface area contributed by atoms with Crippen LogP contribution in [0.15, 0.2) is 48.8 Å². The number of aliphatic carboxylic acids is 1. The smallest absolute Gasteiger partial charge is 0.308 e. The van der Waals surface area contributed by atoms with Crippen LogP contribution in [0.2, 0.25) is 0 Å². The van der Waals surface area contributed by atoms with E-state index < -0.39 is 11.9 Å². The van der Waals surface area contributed by atoms with Crippen LogP contribution < -0.4 is 0 Å². The summed E-state index contributed by atoms with van der Waals surface area (Å²) in [6, 6.07) is 11.7. The first kappa shape index (κ1) is 19.0. The van der Waals surface area contributed by atoms with E-state index in [-0.39, 0.29) is 24.9 Å². The fourth-order valence-corrected chi connectivity index (χ4v) is 3.76. The molecule has 0 radical (unpaired) electrons. The lowest BCUT2D eigenvalue weighted by molar-refractivity contribution is -0.141. The van der Waals surface area contributed by atoms with Gasteiger partial charge in [-0.05, 0) is 42.8 Å². The Morgan fingerprint density at radius 1 is 1.19 bits per heavy atom. The highest BCUT2D eigenvalue weighted by Crippen LogP contribution is 2.34. The summed E-state index contributed by atoms with van der Waals surface area (Å²) in [6.07, 6.45) is 3.46. The Hall–Kier alpha value is -2.73. The molecule has 1 N–H and O–H groups in total. The minimum Gasteiger partial charge on any atom is -0.481 e. The van der Waals surface area contributed by atoms with Crippen molar-refractivity contribution < 1.29 is 14.7 Å². The molecule has 0 unspecified atom stereocenters. The van der Waals surface area contributed by atoms with Crippen molar-refractivity contribution in [3.8, 4) is 0 Å². The molecule has 1 saturated heterocycles. The fraction of sp³-hybridized carbons (Fsp3) is 0.381. The summed E-state index contributed by atoms with van der Waals surface area (Å²) in [5.41, 5.74) is 3.17. The minimum absolute atomic E-state index is 0.0334. The van der Waals surface area contributed by atoms with E-state index in [1.54, 1.807) is 17.3 Å². The highest BCUT2D eigenvalue weighted by Gasteiger charge is 2.40. The Bertz CT molecular complexity index is 809. The number of carbonyl (C=O) groups is 2. The maximum Gasteiger partial charge on any atom is 0.308 e. The van der Waals surface area contributed by atoms with Gasteiger partial charge < -0.3 is 10.0 Å². The first-order chi connectivity index (χ1) is 13.0. The second-order valence-corrected chi connectivity index (χ2v) is 7.23. The Balaban J connectivity index is 1.67. The van der Waals surface area contributed by atoms with E-state index in [2.05, 4.69) is 4.98 Å². The molecule has 2 aromatic rings. The van der Waals surface area contributed by atoms with Crippen LogP contribution in [0.25, 0.3) is 0 Å². The lowest BCUT2D eigenvalue weighted by atomic mass is 9.86. The van der Waals surface area contributed by atoms with E-state index in [0.717, 1.165) is 16.7 Å². The van der Waals surface area contributed by atoms with Crippen molar-refractivity contribution in [1.82, 2.24) is 14.8 Å². The van der Waals surface area contributed by atoms with E-state index in [0.29, 0.717) is 13.1 Å². The number of carboxylic acids is 1. The van der Waals surface area contributed by atoms with Gasteiger partial charge in [0.15, 0.2) is 0 Å². The van der Waals surface area contributed by atoms with E-state index in [4.69, 9.17) is 0 Å². The number of carbonyl (C=O) groups excluding carboxylic acids is 1. The SMILES string of the molecule is Cc1ccccc1[C@H]1CN(C(=O)CN(C)Cc2ccncc2)C[C@@H]1C(=O)O. The number of carboxylic acid groups (broad SMARTS) is 1. The average molecular weight is 367 g/mol. The zero-order valence-corrected chi connectivity index (χ0v) is 15.7. The summed E-state index contributed by atoms with van der Waals surface area (Å²) in [7, 11) is 1.89. The number of benzene rings is 1. The van der Waals surface area contributed by atoms with Crippen molar-refractivity contribution in [1.29, 1.82) is 0 Å². The molecule has 0 saturated carbocycles. The summed E-state index contributed by atoms with van der Waals surface area (Å²) in [5, 5.41) is 9.66. The Labute approximate surface area is 159 Å². The predicted molar refractivity (Wildman–Crippen MR) is 102 cm³/mol. The molecule has 1 fully saturated rings. The quantitative estimate of drug-likeness (QED) is 0.847. The van der Waals surface area contributed by atoms with Gasteiger partial charge in [-0.3, -0.25) is 19.5 Å². The number of likely N-dealkylation sites (tertiary alicyclic amines) is 1. The van der Waals surface area contributed by atoms with Crippen LogP contribution in [0.4, 0.5) is 0 Å². The summed E-state index contributed by atoms with van der Waals surface area (Å²) in [5.74, 6) is -1.61. The normalized spacial score (nSPS) is 19.4. The Morgan fingerprint density at radius 2 is 1.89 bits per heavy atom. The monoisotopic (exact) mass is 367 g/mol. The van der Waals surface area contributed by atoms with Gasteiger partial charge in [0.05, 0.1) is 12.5 Å². The van der Waals surface area contributed by atoms with Gasteiger partial charge >= 0.3 is 5.97 Å². The number of rotatable bonds is 6. The number of likely N-dealkylation sites (N-methyl/N-ethyl adjacent to an activating group) is 1. The molecule has 2 heterocycles. The lowest BCUT2D eigenvalue weighted by Gasteiger charge is -2.22. The number of pyridine rings is 1. The molecule has 2 atom stereocenters. The summed E-state index contributed by atoms with van der Waals surface area (Å²) in [6.45, 7) is 3.60. The molecule has 0 bridgehead atoms. The van der Waals surface area contributed by atoms with Gasteiger partial charge in [0, 0.05) is 37.9 Å². The molecular weight excluding hydrogens is 342 g/mol. The molecule has 1 aliphatic rings. The molecule has 1 aliphatic heterocycles. The Morgan fingerprint density at radius 3 is 2.56 bits per heavy atom. The van der Waals surface area contributed by atoms with Gasteiger partial charge in [0.25, 0.3) is 0 Å². The fourth-order valence-electron chi connectivity index (χ4n) is 3.76. The van der Waals surface area contributed by atoms with Crippen LogP contribution in [0.1, 0.15) is 22.6 Å². The summed E-state index contributed by atoms with van der Waals surface area (Å²) >= 11 is 0. The van der Waals surface area contributed by atoms with E-state index >= 15 is 0 Å². The van der Waals surface area contributed by atoms with Crippen molar-refractivity contribution in [3.05, 3.63) is 65.5 Å². The lowest BCUT2D eigenvalue weighted by Crippen LogP contribution is -2.38. The van der Waals surface area contributed by atoms with Crippen LogP contribution in [0, 0.1) is 12.8 Å². The molecule has 1 amide bonds. The van der Waals surface area contributed by atoms with Crippen molar-refractivity contribution in [2.75, 3.05) is 26.7 Å². The molecule has 142 valence electrons. The standard InChI is InChI=1S/C21H25N3O3/c1-15-5-3-4-6-17(15)18-12-24(13-19(18)21(26)27)20(25)14-23(2)11-16-7-9-22-10-8-16/h3-10,18-19H,11-14H2,1-2H3,(H,26,27)/t18-,19+/m1/s1. The average Bonchev–Trinajstić information content (AvgIpc) is 3.08. The van der Waals surface area contributed by atoms with Crippen LogP contribution in [-0.4, -0.2) is 58.4 Å². The number of amides is 1. The highest BCUT2D eigenvalue weighted by atomic mass is 16.4. The van der Waals surface area contributed by atoms with Gasteiger partial charge in [-0.25, -0.2) is 0 Å². The minimum atomic E-state index is -0.844. The molecular formula is C21H25N3O3.